The molecule has 0 unspecified atom stereocenters. The zero-order valence-corrected chi connectivity index (χ0v) is 17.0. The molecule has 1 aliphatic heterocycles. The molecule has 4 rings (SSSR count). The minimum absolute atomic E-state index is 0.0384. The van der Waals surface area contributed by atoms with Crippen LogP contribution in [0, 0.1) is 5.82 Å². The lowest BCUT2D eigenvalue weighted by Gasteiger charge is -2.29. The molecule has 3 aromatic carbocycles. The molecule has 0 atom stereocenters. The Balaban J connectivity index is 1.48. The zero-order chi connectivity index (χ0) is 21.1. The number of rotatable bonds is 5. The van der Waals surface area contributed by atoms with Gasteiger partial charge >= 0.3 is 0 Å². The summed E-state index contributed by atoms with van der Waals surface area (Å²) >= 11 is 0. The van der Waals surface area contributed by atoms with Crippen molar-refractivity contribution in [1.29, 1.82) is 0 Å². The molecule has 0 bridgehead atoms. The van der Waals surface area contributed by atoms with Gasteiger partial charge in [0.2, 0.25) is 10.0 Å². The predicted octanol–water partition coefficient (Wildman–Crippen LogP) is 3.97. The van der Waals surface area contributed by atoms with Crippen molar-refractivity contribution in [1.82, 2.24) is 4.90 Å². The lowest BCUT2D eigenvalue weighted by Crippen LogP contribution is -2.36. The van der Waals surface area contributed by atoms with Gasteiger partial charge in [0.1, 0.15) is 5.82 Å². The van der Waals surface area contributed by atoms with E-state index in [2.05, 4.69) is 4.72 Å². The third kappa shape index (κ3) is 4.68. The van der Waals surface area contributed by atoms with Crippen LogP contribution >= 0.6 is 0 Å². The van der Waals surface area contributed by atoms with Crippen LogP contribution in [0.3, 0.4) is 0 Å². The number of hydrogen-bond acceptors (Lipinski definition) is 3. The summed E-state index contributed by atoms with van der Waals surface area (Å²) < 4.78 is 40.6. The first-order valence-electron chi connectivity index (χ1n) is 9.61. The fourth-order valence-electron chi connectivity index (χ4n) is 3.57. The van der Waals surface area contributed by atoms with Crippen molar-refractivity contribution in [3.63, 3.8) is 0 Å². The number of benzene rings is 3. The number of amides is 1. The van der Waals surface area contributed by atoms with E-state index < -0.39 is 15.8 Å². The molecule has 0 fully saturated rings. The van der Waals surface area contributed by atoms with E-state index in [0.717, 1.165) is 17.5 Å². The summed E-state index contributed by atoms with van der Waals surface area (Å²) in [5.74, 6) is -0.694. The summed E-state index contributed by atoms with van der Waals surface area (Å²) in [6.07, 6.45) is 0.719. The largest absolute Gasteiger partial charge is 0.334 e. The molecule has 1 aliphatic rings. The van der Waals surface area contributed by atoms with Gasteiger partial charge in [0.15, 0.2) is 0 Å². The summed E-state index contributed by atoms with van der Waals surface area (Å²) in [6, 6.07) is 19.9. The highest BCUT2D eigenvalue weighted by molar-refractivity contribution is 7.91. The first kappa shape index (κ1) is 20.1. The molecule has 1 amide bonds. The highest BCUT2D eigenvalue weighted by Crippen LogP contribution is 2.25. The molecule has 0 radical (unpaired) electrons. The van der Waals surface area contributed by atoms with Gasteiger partial charge in [-0.25, -0.2) is 12.8 Å². The molecule has 0 saturated carbocycles. The number of halogens is 1. The molecule has 1 heterocycles. The van der Waals surface area contributed by atoms with Gasteiger partial charge in [0, 0.05) is 24.3 Å². The Bertz CT molecular complexity index is 1160. The van der Waals surface area contributed by atoms with Crippen LogP contribution in [0.15, 0.2) is 72.8 Å². The Morgan fingerprint density at radius 1 is 0.967 bits per heavy atom. The highest BCUT2D eigenvalue weighted by Gasteiger charge is 2.22. The fraction of sp³-hybridized carbons (Fsp3) is 0.174. The molecule has 30 heavy (non-hydrogen) atoms. The molecule has 1 N–H and O–H groups in total. The number of carbonyl (C=O) groups excluding carboxylic acids is 1. The number of fused-ring (bicyclic) bond motifs is 1. The average molecular weight is 424 g/mol. The standard InChI is InChI=1S/C23H21FN2O3S/c24-21-9-6-17(7-10-21)16-30(28,29)25-22-11-8-18-12-13-26(15-20(18)14-22)23(27)19-4-2-1-3-5-19/h1-11,14,25H,12-13,15-16H2. The lowest BCUT2D eigenvalue weighted by atomic mass is 9.98. The van der Waals surface area contributed by atoms with Gasteiger partial charge in [-0.3, -0.25) is 9.52 Å². The number of sulfonamides is 1. The van der Waals surface area contributed by atoms with E-state index >= 15 is 0 Å². The van der Waals surface area contributed by atoms with Crippen molar-refractivity contribution in [3.05, 3.63) is 101 Å². The molecule has 0 aromatic heterocycles. The van der Waals surface area contributed by atoms with E-state index in [-0.39, 0.29) is 11.7 Å². The van der Waals surface area contributed by atoms with Gasteiger partial charge in [-0.05, 0) is 59.5 Å². The minimum atomic E-state index is -3.65. The number of nitrogens with one attached hydrogen (secondary N) is 1. The lowest BCUT2D eigenvalue weighted by molar-refractivity contribution is 0.0734. The van der Waals surface area contributed by atoms with Gasteiger partial charge in [0.25, 0.3) is 5.91 Å². The quantitative estimate of drug-likeness (QED) is 0.674. The van der Waals surface area contributed by atoms with Crippen LogP contribution in [0.25, 0.3) is 0 Å². The Morgan fingerprint density at radius 2 is 1.70 bits per heavy atom. The Labute approximate surface area is 175 Å². The van der Waals surface area contributed by atoms with Gasteiger partial charge in [-0.1, -0.05) is 36.4 Å². The van der Waals surface area contributed by atoms with Crippen LogP contribution < -0.4 is 4.72 Å². The van der Waals surface area contributed by atoms with E-state index in [1.807, 2.05) is 24.3 Å². The van der Waals surface area contributed by atoms with Gasteiger partial charge in [-0.2, -0.15) is 0 Å². The van der Waals surface area contributed by atoms with E-state index in [0.29, 0.717) is 29.9 Å². The normalized spacial score (nSPS) is 13.6. The van der Waals surface area contributed by atoms with Crippen LogP contribution in [0.1, 0.15) is 27.0 Å². The topological polar surface area (TPSA) is 66.5 Å². The number of anilines is 1. The van der Waals surface area contributed by atoms with Crippen molar-refractivity contribution in [2.75, 3.05) is 11.3 Å². The average Bonchev–Trinajstić information content (AvgIpc) is 2.74. The summed E-state index contributed by atoms with van der Waals surface area (Å²) in [6.45, 7) is 1.05. The fourth-order valence-corrected chi connectivity index (χ4v) is 4.76. The second-order valence-electron chi connectivity index (χ2n) is 7.31. The smallest absolute Gasteiger partial charge is 0.254 e. The molecule has 154 valence electrons. The van der Waals surface area contributed by atoms with E-state index in [1.165, 1.54) is 24.3 Å². The Morgan fingerprint density at radius 3 is 2.43 bits per heavy atom. The molecule has 5 nitrogen and oxygen atoms in total. The van der Waals surface area contributed by atoms with Crippen molar-refractivity contribution < 1.29 is 17.6 Å². The summed E-state index contributed by atoms with van der Waals surface area (Å²) in [7, 11) is -3.65. The van der Waals surface area contributed by atoms with E-state index in [9.17, 15) is 17.6 Å². The zero-order valence-electron chi connectivity index (χ0n) is 16.2. The molecule has 7 heteroatoms. The van der Waals surface area contributed by atoms with Crippen molar-refractivity contribution in [2.45, 2.75) is 18.7 Å². The van der Waals surface area contributed by atoms with Crippen molar-refractivity contribution >= 4 is 21.6 Å². The van der Waals surface area contributed by atoms with Crippen LogP contribution in [0.4, 0.5) is 10.1 Å². The molecule has 0 aliphatic carbocycles. The van der Waals surface area contributed by atoms with Crippen LogP contribution in [-0.4, -0.2) is 25.8 Å². The number of hydrogen-bond donors (Lipinski definition) is 1. The molecule has 0 saturated heterocycles. The Kier molecular flexibility index (Phi) is 5.55. The van der Waals surface area contributed by atoms with E-state index in [1.54, 1.807) is 29.2 Å². The Hall–Kier alpha value is -3.19. The molecular weight excluding hydrogens is 403 g/mol. The summed E-state index contributed by atoms with van der Waals surface area (Å²) in [5.41, 5.74) is 3.62. The third-order valence-corrected chi connectivity index (χ3v) is 6.33. The molecule has 3 aromatic rings. The van der Waals surface area contributed by atoms with Crippen LogP contribution in [0.2, 0.25) is 0 Å². The minimum Gasteiger partial charge on any atom is -0.334 e. The number of nitrogens with zero attached hydrogens (tertiary/aromatic N) is 1. The second-order valence-corrected chi connectivity index (χ2v) is 9.04. The van der Waals surface area contributed by atoms with Gasteiger partial charge < -0.3 is 4.90 Å². The highest BCUT2D eigenvalue weighted by atomic mass is 32.2. The number of carbonyl (C=O) groups is 1. The third-order valence-electron chi connectivity index (χ3n) is 5.07. The monoisotopic (exact) mass is 424 g/mol. The second kappa shape index (κ2) is 8.28. The van der Waals surface area contributed by atoms with Crippen molar-refractivity contribution in [3.8, 4) is 0 Å². The summed E-state index contributed by atoms with van der Waals surface area (Å²) in [5, 5.41) is 0. The maximum Gasteiger partial charge on any atom is 0.254 e. The maximum atomic E-state index is 13.0. The SMILES string of the molecule is O=C(c1ccccc1)N1CCc2ccc(NS(=O)(=O)Cc3ccc(F)cc3)cc2C1. The van der Waals surface area contributed by atoms with Gasteiger partial charge in [-0.15, -0.1) is 0 Å². The van der Waals surface area contributed by atoms with E-state index in [4.69, 9.17) is 0 Å². The first-order chi connectivity index (χ1) is 14.4. The first-order valence-corrected chi connectivity index (χ1v) is 11.3. The summed E-state index contributed by atoms with van der Waals surface area (Å²) in [4.78, 5) is 14.5. The van der Waals surface area contributed by atoms with Crippen LogP contribution in [0.5, 0.6) is 0 Å². The predicted molar refractivity (Wildman–Crippen MR) is 114 cm³/mol. The van der Waals surface area contributed by atoms with Gasteiger partial charge in [0.05, 0.1) is 5.75 Å². The van der Waals surface area contributed by atoms with Crippen molar-refractivity contribution in [2.24, 2.45) is 0 Å². The van der Waals surface area contributed by atoms with Crippen LogP contribution in [-0.2, 0) is 28.7 Å². The maximum absolute atomic E-state index is 13.0. The molecule has 0 spiro atoms. The molecular formula is C23H21FN2O3S.